The van der Waals surface area contributed by atoms with Crippen molar-refractivity contribution in [3.05, 3.63) is 47.2 Å². The molecule has 0 atom stereocenters. The Kier molecular flexibility index (Phi) is 5.79. The first-order chi connectivity index (χ1) is 9.10. The predicted molar refractivity (Wildman–Crippen MR) is 71.9 cm³/mol. The standard InChI is InChI=1S/C15H18O4/c1-4-18-10-13(15(17)19-5-2)14(16)12-8-6-11(3)7-9-12/h6-10H,4-5H2,1-3H3/b13-10+. The Morgan fingerprint density at radius 3 is 2.26 bits per heavy atom. The molecule has 1 aromatic rings. The van der Waals surface area contributed by atoms with Crippen molar-refractivity contribution in [1.82, 2.24) is 0 Å². The van der Waals surface area contributed by atoms with Crippen LogP contribution in [0.15, 0.2) is 36.1 Å². The normalized spacial score (nSPS) is 11.0. The number of carbonyl (C=O) groups excluding carboxylic acids is 2. The van der Waals surface area contributed by atoms with Crippen LogP contribution in [-0.4, -0.2) is 25.0 Å². The first kappa shape index (κ1) is 15.0. The van der Waals surface area contributed by atoms with Gasteiger partial charge in [-0.25, -0.2) is 4.79 Å². The van der Waals surface area contributed by atoms with E-state index in [1.165, 1.54) is 6.26 Å². The summed E-state index contributed by atoms with van der Waals surface area (Å²) in [5.74, 6) is -1.06. The third kappa shape index (κ3) is 4.25. The molecule has 102 valence electrons. The number of esters is 1. The van der Waals surface area contributed by atoms with E-state index in [2.05, 4.69) is 0 Å². The highest BCUT2D eigenvalue weighted by molar-refractivity contribution is 6.24. The van der Waals surface area contributed by atoms with Gasteiger partial charge in [-0.2, -0.15) is 0 Å². The highest BCUT2D eigenvalue weighted by atomic mass is 16.5. The highest BCUT2D eigenvalue weighted by Crippen LogP contribution is 2.12. The van der Waals surface area contributed by atoms with Crippen LogP contribution in [0.4, 0.5) is 0 Å². The third-order valence-corrected chi connectivity index (χ3v) is 2.42. The van der Waals surface area contributed by atoms with Gasteiger partial charge in [-0.05, 0) is 20.8 Å². The second-order valence-electron chi connectivity index (χ2n) is 3.90. The Balaban J connectivity index is 3.00. The topological polar surface area (TPSA) is 52.6 Å². The van der Waals surface area contributed by atoms with Gasteiger partial charge < -0.3 is 9.47 Å². The first-order valence-electron chi connectivity index (χ1n) is 6.20. The molecule has 1 rings (SSSR count). The van der Waals surface area contributed by atoms with E-state index in [4.69, 9.17) is 9.47 Å². The van der Waals surface area contributed by atoms with E-state index in [0.717, 1.165) is 5.56 Å². The van der Waals surface area contributed by atoms with E-state index in [1.807, 2.05) is 19.1 Å². The van der Waals surface area contributed by atoms with Crippen molar-refractivity contribution in [3.63, 3.8) is 0 Å². The number of hydrogen-bond donors (Lipinski definition) is 0. The zero-order chi connectivity index (χ0) is 14.3. The third-order valence-electron chi connectivity index (χ3n) is 2.42. The lowest BCUT2D eigenvalue weighted by Gasteiger charge is -2.07. The van der Waals surface area contributed by atoms with Gasteiger partial charge in [0.1, 0.15) is 11.8 Å². The molecular formula is C15H18O4. The summed E-state index contributed by atoms with van der Waals surface area (Å²) in [4.78, 5) is 24.0. The minimum Gasteiger partial charge on any atom is -0.500 e. The van der Waals surface area contributed by atoms with Gasteiger partial charge in [-0.3, -0.25) is 4.79 Å². The molecule has 1 aromatic carbocycles. The maximum Gasteiger partial charge on any atom is 0.345 e. The van der Waals surface area contributed by atoms with Gasteiger partial charge in [-0.15, -0.1) is 0 Å². The fraction of sp³-hybridized carbons (Fsp3) is 0.333. The van der Waals surface area contributed by atoms with Crippen LogP contribution >= 0.6 is 0 Å². The van der Waals surface area contributed by atoms with Crippen LogP contribution in [0.2, 0.25) is 0 Å². The molecule has 0 fully saturated rings. The highest BCUT2D eigenvalue weighted by Gasteiger charge is 2.21. The summed E-state index contributed by atoms with van der Waals surface area (Å²) in [5, 5.41) is 0. The van der Waals surface area contributed by atoms with Gasteiger partial charge >= 0.3 is 5.97 Å². The Hall–Kier alpha value is -2.10. The van der Waals surface area contributed by atoms with Crippen LogP contribution in [0, 0.1) is 6.92 Å². The largest absolute Gasteiger partial charge is 0.500 e. The van der Waals surface area contributed by atoms with Gasteiger partial charge in [0.2, 0.25) is 5.78 Å². The lowest BCUT2D eigenvalue weighted by molar-refractivity contribution is -0.138. The van der Waals surface area contributed by atoms with Crippen molar-refractivity contribution < 1.29 is 19.1 Å². The molecule has 19 heavy (non-hydrogen) atoms. The molecule has 0 aliphatic rings. The van der Waals surface area contributed by atoms with Crippen LogP contribution in [0.25, 0.3) is 0 Å². The SMILES string of the molecule is CCO/C=C(/C(=O)OCC)C(=O)c1ccc(C)cc1. The molecule has 4 heteroatoms. The summed E-state index contributed by atoms with van der Waals surface area (Å²) in [6.45, 7) is 5.98. The van der Waals surface area contributed by atoms with Crippen LogP contribution in [0.3, 0.4) is 0 Å². The van der Waals surface area contributed by atoms with Crippen LogP contribution < -0.4 is 0 Å². The summed E-state index contributed by atoms with van der Waals surface area (Å²) in [6, 6.07) is 6.99. The lowest BCUT2D eigenvalue weighted by atomic mass is 10.0. The summed E-state index contributed by atoms with van der Waals surface area (Å²) in [5.41, 5.74) is 1.39. The lowest BCUT2D eigenvalue weighted by Crippen LogP contribution is -2.16. The number of aryl methyl sites for hydroxylation is 1. The zero-order valence-electron chi connectivity index (χ0n) is 11.4. The van der Waals surface area contributed by atoms with Crippen molar-refractivity contribution in [2.24, 2.45) is 0 Å². The smallest absolute Gasteiger partial charge is 0.345 e. The molecule has 4 nitrogen and oxygen atoms in total. The average Bonchev–Trinajstić information content (AvgIpc) is 2.40. The van der Waals surface area contributed by atoms with Crippen molar-refractivity contribution >= 4 is 11.8 Å². The quantitative estimate of drug-likeness (QED) is 0.197. The Labute approximate surface area is 113 Å². The molecule has 0 bridgehead atoms. The summed E-state index contributed by atoms with van der Waals surface area (Å²) in [6.07, 6.45) is 1.17. The molecule has 0 saturated carbocycles. The van der Waals surface area contributed by atoms with E-state index in [0.29, 0.717) is 12.2 Å². The van der Waals surface area contributed by atoms with E-state index < -0.39 is 11.8 Å². The zero-order valence-corrected chi connectivity index (χ0v) is 11.4. The molecule has 0 aromatic heterocycles. The number of ether oxygens (including phenoxy) is 2. The molecule has 0 N–H and O–H groups in total. The maximum absolute atomic E-state index is 12.2. The van der Waals surface area contributed by atoms with Gasteiger partial charge in [0.05, 0.1) is 13.2 Å². The van der Waals surface area contributed by atoms with Crippen molar-refractivity contribution in [3.8, 4) is 0 Å². The van der Waals surface area contributed by atoms with Gasteiger partial charge in [-0.1, -0.05) is 29.8 Å². The number of benzene rings is 1. The molecule has 0 radical (unpaired) electrons. The fourth-order valence-corrected chi connectivity index (χ4v) is 1.43. The number of Topliss-reactive ketones (excluding diaryl/α,β-unsaturated/α-hetero) is 1. The van der Waals surface area contributed by atoms with E-state index in [-0.39, 0.29) is 12.2 Å². The summed E-state index contributed by atoms with van der Waals surface area (Å²) < 4.78 is 9.91. The van der Waals surface area contributed by atoms with Gasteiger partial charge in [0, 0.05) is 5.56 Å². The Morgan fingerprint density at radius 1 is 1.11 bits per heavy atom. The molecule has 0 amide bonds. The van der Waals surface area contributed by atoms with Crippen LogP contribution in [-0.2, 0) is 14.3 Å². The Morgan fingerprint density at radius 2 is 1.74 bits per heavy atom. The van der Waals surface area contributed by atoms with E-state index in [1.54, 1.807) is 26.0 Å². The van der Waals surface area contributed by atoms with Gasteiger partial charge in [0.15, 0.2) is 0 Å². The molecular weight excluding hydrogens is 244 g/mol. The number of rotatable bonds is 6. The summed E-state index contributed by atoms with van der Waals surface area (Å²) in [7, 11) is 0. The monoisotopic (exact) mass is 262 g/mol. The Bertz CT molecular complexity index is 471. The predicted octanol–water partition coefficient (Wildman–Crippen LogP) is 2.66. The second-order valence-corrected chi connectivity index (χ2v) is 3.90. The van der Waals surface area contributed by atoms with Crippen LogP contribution in [0.5, 0.6) is 0 Å². The van der Waals surface area contributed by atoms with E-state index in [9.17, 15) is 9.59 Å². The van der Waals surface area contributed by atoms with Crippen molar-refractivity contribution in [2.75, 3.05) is 13.2 Å². The molecule has 0 spiro atoms. The number of ketones is 1. The minimum absolute atomic E-state index is 0.0902. The molecule has 0 aliphatic carbocycles. The van der Waals surface area contributed by atoms with Crippen LogP contribution in [0.1, 0.15) is 29.8 Å². The number of carbonyl (C=O) groups is 2. The average molecular weight is 262 g/mol. The first-order valence-corrected chi connectivity index (χ1v) is 6.20. The van der Waals surface area contributed by atoms with Gasteiger partial charge in [0.25, 0.3) is 0 Å². The molecule has 0 unspecified atom stereocenters. The maximum atomic E-state index is 12.2. The number of hydrogen-bond acceptors (Lipinski definition) is 4. The fourth-order valence-electron chi connectivity index (χ4n) is 1.43. The van der Waals surface area contributed by atoms with Crippen molar-refractivity contribution in [1.29, 1.82) is 0 Å². The molecule has 0 heterocycles. The molecule has 0 aliphatic heterocycles. The summed E-state index contributed by atoms with van der Waals surface area (Å²) >= 11 is 0. The minimum atomic E-state index is -0.665. The second kappa shape index (κ2) is 7.36. The molecule has 0 saturated heterocycles. The van der Waals surface area contributed by atoms with Crippen molar-refractivity contribution in [2.45, 2.75) is 20.8 Å². The van der Waals surface area contributed by atoms with E-state index >= 15 is 0 Å².